The van der Waals surface area contributed by atoms with Gasteiger partial charge in [-0.3, -0.25) is 58.7 Å². The lowest BCUT2D eigenvalue weighted by Crippen LogP contribution is -2.54. The lowest BCUT2D eigenvalue weighted by atomic mass is 10.00. The first-order valence-electron chi connectivity index (χ1n) is 40.3. The van der Waals surface area contributed by atoms with Crippen molar-refractivity contribution < 1.29 is 129 Å². The van der Waals surface area contributed by atoms with Gasteiger partial charge in [0.2, 0.25) is 35.4 Å². The van der Waals surface area contributed by atoms with Crippen LogP contribution >= 0.6 is 0 Å². The molecule has 4 aromatic carbocycles. The van der Waals surface area contributed by atoms with E-state index >= 15 is 0 Å². The lowest BCUT2D eigenvalue weighted by Gasteiger charge is -2.25. The number of benzene rings is 4. The standard InChI is InChI=1S/C81H120N14O29/c1-53(2)67(90-65(96)31-35-111-37-39-113-41-43-115-45-47-117-49-51-119-92-77(104)123-80(5,6)7)73(100)88-63(13-11-33-84-75(82)102)71(98)86-59-23-15-55(16-24-59)69(57-19-27-61(28-20-57)94(107)108)121-79(106)122-70(58-21-29-62(30-22-58)95(109)110)56-17-25-60(26-18-56)87-72(99)64(14-12-34-85-76(83)103)89-74(101)68(54(3)4)91-66(97)32-36-112-38-40-114-42-44-116-46-48-118-50-52-120-93-78(105)124-81(8,9)10/h15-30,53-54,63-64,67-70H,11-14,31-52H2,1-10H3,(H,86,98)(H,87,99)(H,88,100)(H,89,101)(H,90,96)(H,91,97)(H,92,104)(H,93,105)(H3,82,84,102)(H3,83,85,103)/t63-,64-,67-,68-,69?,70?/m0/s1. The Balaban J connectivity index is 1.39. The third-order valence-electron chi connectivity index (χ3n) is 16.9. The molecule has 43 nitrogen and oxygen atoms in total. The van der Waals surface area contributed by atoms with Crippen LogP contribution in [0.5, 0.6) is 0 Å². The van der Waals surface area contributed by atoms with E-state index in [-0.39, 0.29) is 216 Å². The zero-order valence-corrected chi connectivity index (χ0v) is 71.6. The predicted molar refractivity (Wildman–Crippen MR) is 445 cm³/mol. The number of nitrogens with two attached hydrogens (primary N) is 2. The summed E-state index contributed by atoms with van der Waals surface area (Å²) in [5, 5.41) is 44.9. The van der Waals surface area contributed by atoms with Gasteiger partial charge >= 0.3 is 30.4 Å². The first-order valence-corrected chi connectivity index (χ1v) is 40.3. The average molecular weight is 1750 g/mol. The summed E-state index contributed by atoms with van der Waals surface area (Å²) in [4.78, 5) is 176. The minimum atomic E-state index is -1.38. The molecule has 14 N–H and O–H groups in total. The highest BCUT2D eigenvalue weighted by atomic mass is 16.7. The summed E-state index contributed by atoms with van der Waals surface area (Å²) in [6.07, 6.45) is -5.49. The van der Waals surface area contributed by atoms with Gasteiger partial charge in [0.15, 0.2) is 12.2 Å². The van der Waals surface area contributed by atoms with E-state index in [1.807, 2.05) is 0 Å². The minimum Gasteiger partial charge on any atom is -0.442 e. The second-order valence-electron chi connectivity index (χ2n) is 30.0. The van der Waals surface area contributed by atoms with Crippen LogP contribution in [-0.2, 0) is 95.3 Å². The predicted octanol–water partition coefficient (Wildman–Crippen LogP) is 6.39. The maximum Gasteiger partial charge on any atom is 0.510 e. The maximum absolute atomic E-state index is 14.4. The van der Waals surface area contributed by atoms with E-state index in [9.17, 15) is 73.0 Å². The van der Waals surface area contributed by atoms with Crippen molar-refractivity contribution in [3.8, 4) is 0 Å². The largest absolute Gasteiger partial charge is 0.510 e. The molecule has 0 radical (unpaired) electrons. The molecule has 0 saturated carbocycles. The number of ether oxygens (including phenoxy) is 12. The number of nitro groups is 2. The van der Waals surface area contributed by atoms with Gasteiger partial charge in [0.25, 0.3) is 11.4 Å². The van der Waals surface area contributed by atoms with Crippen molar-refractivity contribution in [3.05, 3.63) is 140 Å². The van der Waals surface area contributed by atoms with Crippen LogP contribution < -0.4 is 65.0 Å². The van der Waals surface area contributed by atoms with Gasteiger partial charge in [0.1, 0.15) is 35.4 Å². The van der Waals surface area contributed by atoms with Gasteiger partial charge in [-0.1, -0.05) is 52.0 Å². The highest BCUT2D eigenvalue weighted by Gasteiger charge is 2.33. The summed E-state index contributed by atoms with van der Waals surface area (Å²) < 4.78 is 66.1. The Morgan fingerprint density at radius 2 is 0.653 bits per heavy atom. The van der Waals surface area contributed by atoms with Gasteiger partial charge in [0.05, 0.1) is 129 Å². The number of hydrogen-bond acceptors (Lipinski definition) is 29. The van der Waals surface area contributed by atoms with E-state index in [0.29, 0.717) is 0 Å². The summed E-state index contributed by atoms with van der Waals surface area (Å²) in [6, 6.07) is 15.4. The molecule has 0 fully saturated rings. The number of hydrogen-bond donors (Lipinski definition) is 12. The van der Waals surface area contributed by atoms with Crippen LogP contribution in [0, 0.1) is 32.1 Å². The molecule has 0 aromatic heterocycles. The molecule has 6 atom stereocenters. The van der Waals surface area contributed by atoms with Crippen molar-refractivity contribution in [2.75, 3.05) is 143 Å². The monoisotopic (exact) mass is 1750 g/mol. The van der Waals surface area contributed by atoms with Crippen molar-refractivity contribution in [3.63, 3.8) is 0 Å². The number of primary amides is 2. The lowest BCUT2D eigenvalue weighted by molar-refractivity contribution is -0.385. The SMILES string of the molecule is CC(C)[C@H](NC(=O)CCOCCOCCOCCOCCONC(=O)OC(C)(C)C)C(=O)N[C@@H](CCCNC(N)=O)C(=O)Nc1ccc(C(OC(=O)OC(c2ccc(NC(=O)[C@H](CCCNC(N)=O)NC(=O)[C@@H](NC(=O)CCOCCOCCOCCOCCONC(=O)OC(C)(C)C)C(C)C)cc2)c2ccc([N+](=O)[O-])cc2)c2ccc([N+](=O)[O-])cc2)cc1. The molecule has 0 spiro atoms. The van der Waals surface area contributed by atoms with Crippen molar-refractivity contribution >= 4 is 88.6 Å². The molecule has 12 amide bonds. The maximum atomic E-state index is 14.4. The van der Waals surface area contributed by atoms with E-state index in [4.69, 9.17) is 78.0 Å². The quantitative estimate of drug-likeness (QED) is 0.00749. The van der Waals surface area contributed by atoms with Crippen molar-refractivity contribution in [1.29, 1.82) is 0 Å². The zero-order valence-electron chi connectivity index (χ0n) is 71.6. The van der Waals surface area contributed by atoms with E-state index < -0.39 is 135 Å². The molecule has 4 aromatic rings. The summed E-state index contributed by atoms with van der Waals surface area (Å²) in [5.74, 6) is -4.80. The van der Waals surface area contributed by atoms with E-state index in [1.54, 1.807) is 69.2 Å². The number of urea groups is 2. The average Bonchev–Trinajstić information content (AvgIpc) is 0.813. The highest BCUT2D eigenvalue weighted by molar-refractivity contribution is 5.99. The van der Waals surface area contributed by atoms with Gasteiger partial charge < -0.3 is 111 Å². The molecular weight excluding hydrogens is 1630 g/mol. The summed E-state index contributed by atoms with van der Waals surface area (Å²) >= 11 is 0. The van der Waals surface area contributed by atoms with E-state index in [2.05, 4.69) is 53.5 Å². The summed E-state index contributed by atoms with van der Waals surface area (Å²) in [6.45, 7) is 20.7. The molecule has 43 heteroatoms. The second-order valence-corrected chi connectivity index (χ2v) is 30.0. The smallest absolute Gasteiger partial charge is 0.442 e. The molecule has 0 aliphatic rings. The van der Waals surface area contributed by atoms with Crippen LogP contribution in [0.1, 0.15) is 142 Å². The molecule has 4 rings (SSSR count). The Bertz CT molecular complexity index is 3700. The number of carbonyl (C=O) groups excluding carboxylic acids is 11. The van der Waals surface area contributed by atoms with Crippen LogP contribution in [0.15, 0.2) is 97.1 Å². The van der Waals surface area contributed by atoms with E-state index in [0.717, 1.165) is 0 Å². The van der Waals surface area contributed by atoms with Gasteiger partial charge in [-0.25, -0.2) is 24.0 Å². The normalized spacial score (nSPS) is 12.8. The molecule has 0 bridgehead atoms. The fourth-order valence-electron chi connectivity index (χ4n) is 10.9. The fraction of sp³-hybridized carbons (Fsp3) is 0.568. The highest BCUT2D eigenvalue weighted by Crippen LogP contribution is 2.34. The van der Waals surface area contributed by atoms with Crippen molar-refractivity contribution in [2.24, 2.45) is 23.3 Å². The van der Waals surface area contributed by atoms with Crippen LogP contribution in [0.4, 0.5) is 46.7 Å². The Labute approximate surface area is 718 Å². The number of non-ortho nitro benzene ring substituents is 2. The molecule has 0 aliphatic carbocycles. The van der Waals surface area contributed by atoms with Crippen molar-refractivity contribution in [2.45, 2.75) is 155 Å². The molecule has 124 heavy (non-hydrogen) atoms. The number of hydroxylamine groups is 2. The molecule has 688 valence electrons. The summed E-state index contributed by atoms with van der Waals surface area (Å²) in [7, 11) is 0. The molecule has 0 heterocycles. The fourth-order valence-corrected chi connectivity index (χ4v) is 10.9. The number of nitro benzene ring substituents is 2. The molecule has 0 saturated heterocycles. The first kappa shape index (κ1) is 105. The third-order valence-corrected chi connectivity index (χ3v) is 16.9. The minimum absolute atomic E-state index is 0.00967. The van der Waals surface area contributed by atoms with Crippen LogP contribution in [0.3, 0.4) is 0 Å². The number of rotatable bonds is 60. The van der Waals surface area contributed by atoms with Crippen LogP contribution in [0.2, 0.25) is 0 Å². The Morgan fingerprint density at radius 3 is 0.919 bits per heavy atom. The number of nitrogens with zero attached hydrogens (tertiary/aromatic N) is 2. The Kier molecular flexibility index (Phi) is 48.8. The van der Waals surface area contributed by atoms with Gasteiger partial charge in [-0.15, -0.1) is 0 Å². The first-order chi connectivity index (χ1) is 59.0. The Morgan fingerprint density at radius 1 is 0.379 bits per heavy atom. The Hall–Kier alpha value is -11.6. The number of carbonyl (C=O) groups is 11. The third kappa shape index (κ3) is 45.5. The topological polar surface area (TPSA) is 576 Å². The number of anilines is 2. The second kappa shape index (κ2) is 57.7. The number of amides is 12. The summed E-state index contributed by atoms with van der Waals surface area (Å²) in [5.41, 5.74) is 14.2. The van der Waals surface area contributed by atoms with Crippen LogP contribution in [0.25, 0.3) is 0 Å². The van der Waals surface area contributed by atoms with Crippen LogP contribution in [-0.4, -0.2) is 243 Å². The van der Waals surface area contributed by atoms with Gasteiger partial charge in [-0.2, -0.15) is 11.0 Å². The molecular formula is C81H120N14O29. The molecule has 2 unspecified atom stereocenters. The van der Waals surface area contributed by atoms with Crippen molar-refractivity contribution in [1.82, 2.24) is 42.9 Å². The van der Waals surface area contributed by atoms with Gasteiger partial charge in [0, 0.05) is 61.6 Å². The molecule has 0 aliphatic heterocycles. The number of nitrogens with one attached hydrogen (secondary N) is 10. The van der Waals surface area contributed by atoms with E-state index in [1.165, 1.54) is 97.1 Å². The van der Waals surface area contributed by atoms with Gasteiger partial charge in [-0.05, 0) is 150 Å². The zero-order chi connectivity index (χ0) is 91.4.